The first-order chi connectivity index (χ1) is 13.3. The van der Waals surface area contributed by atoms with E-state index in [0.29, 0.717) is 5.92 Å². The number of unbranched alkanes of at least 4 members (excludes halogenated alkanes) is 12. The number of hydrogen-bond acceptors (Lipinski definition) is 4. The van der Waals surface area contributed by atoms with E-state index in [1.54, 1.807) is 0 Å². The molecule has 1 unspecified atom stereocenters. The van der Waals surface area contributed by atoms with Gasteiger partial charge in [-0.1, -0.05) is 103 Å². The van der Waals surface area contributed by atoms with E-state index < -0.39 is 8.80 Å². The van der Waals surface area contributed by atoms with Gasteiger partial charge < -0.3 is 19.3 Å². The van der Waals surface area contributed by atoms with Crippen LogP contribution in [0.1, 0.15) is 116 Å². The second-order valence-electron chi connectivity index (χ2n) is 9.16. The highest BCUT2D eigenvalue weighted by Crippen LogP contribution is 2.22. The quantitative estimate of drug-likeness (QED) is 0.165. The SMILES string of the molecule is CCCCCCCCCCCCCCCC(CCC[Si](O)(O)O)CCN(C)C. The van der Waals surface area contributed by atoms with Gasteiger partial charge in [0, 0.05) is 6.04 Å². The molecule has 0 saturated heterocycles. The molecular weight excluding hydrogens is 366 g/mol. The summed E-state index contributed by atoms with van der Waals surface area (Å²) in [7, 11) is 0.362. The van der Waals surface area contributed by atoms with Gasteiger partial charge in [0.15, 0.2) is 0 Å². The highest BCUT2D eigenvalue weighted by molar-refractivity contribution is 6.56. The average Bonchev–Trinajstić information content (AvgIpc) is 2.61. The molecule has 0 spiro atoms. The van der Waals surface area contributed by atoms with Crippen LogP contribution in [0.3, 0.4) is 0 Å². The van der Waals surface area contributed by atoms with Crippen LogP contribution in [0.5, 0.6) is 0 Å². The van der Waals surface area contributed by atoms with Gasteiger partial charge in [0.25, 0.3) is 0 Å². The predicted molar refractivity (Wildman–Crippen MR) is 123 cm³/mol. The molecule has 0 aromatic carbocycles. The van der Waals surface area contributed by atoms with Crippen molar-refractivity contribution in [1.82, 2.24) is 4.90 Å². The van der Waals surface area contributed by atoms with Gasteiger partial charge in [-0.15, -0.1) is 0 Å². The van der Waals surface area contributed by atoms with Crippen molar-refractivity contribution >= 4 is 8.80 Å². The Bertz CT molecular complexity index is 321. The van der Waals surface area contributed by atoms with Crippen LogP contribution in [-0.2, 0) is 0 Å². The molecule has 5 heteroatoms. The minimum atomic E-state index is -3.85. The molecular formula is C23H51NO3Si. The third-order valence-corrected chi connectivity index (χ3v) is 6.85. The highest BCUT2D eigenvalue weighted by Gasteiger charge is 2.26. The van der Waals surface area contributed by atoms with Crippen LogP contribution >= 0.6 is 0 Å². The van der Waals surface area contributed by atoms with Crippen LogP contribution in [0, 0.1) is 5.92 Å². The molecule has 0 radical (unpaired) electrons. The summed E-state index contributed by atoms with van der Waals surface area (Å²) in [5, 5.41) is 0. The summed E-state index contributed by atoms with van der Waals surface area (Å²) in [6.45, 7) is 3.36. The first-order valence-electron chi connectivity index (χ1n) is 12.2. The minimum absolute atomic E-state index is 0.185. The molecule has 0 aromatic heterocycles. The Balaban J connectivity index is 3.61. The van der Waals surface area contributed by atoms with Crippen molar-refractivity contribution in [2.45, 2.75) is 122 Å². The minimum Gasteiger partial charge on any atom is -0.390 e. The number of hydrogen-bond donors (Lipinski definition) is 3. The Morgan fingerprint density at radius 1 is 0.607 bits per heavy atom. The van der Waals surface area contributed by atoms with Crippen LogP contribution in [0.4, 0.5) is 0 Å². The Kier molecular flexibility index (Phi) is 19.1. The van der Waals surface area contributed by atoms with Gasteiger partial charge in [-0.2, -0.15) is 0 Å². The van der Waals surface area contributed by atoms with E-state index >= 15 is 0 Å². The fourth-order valence-corrected chi connectivity index (χ4v) is 4.63. The van der Waals surface area contributed by atoms with E-state index in [1.807, 2.05) is 0 Å². The molecule has 3 N–H and O–H groups in total. The summed E-state index contributed by atoms with van der Waals surface area (Å²) in [6, 6.07) is 0.185. The van der Waals surface area contributed by atoms with Crippen molar-refractivity contribution in [1.29, 1.82) is 0 Å². The Hall–Kier alpha value is 0.0569. The second-order valence-corrected chi connectivity index (χ2v) is 11.2. The van der Waals surface area contributed by atoms with Gasteiger partial charge in [0.05, 0.1) is 0 Å². The molecule has 0 aliphatic carbocycles. The van der Waals surface area contributed by atoms with Gasteiger partial charge in [0.2, 0.25) is 0 Å². The van der Waals surface area contributed by atoms with Crippen molar-refractivity contribution in [3.8, 4) is 0 Å². The number of rotatable bonds is 21. The molecule has 1 atom stereocenters. The van der Waals surface area contributed by atoms with Crippen LogP contribution < -0.4 is 0 Å². The van der Waals surface area contributed by atoms with E-state index in [4.69, 9.17) is 0 Å². The zero-order valence-corrected chi connectivity index (χ0v) is 20.3. The maximum Gasteiger partial charge on any atom is 0.492 e. The lowest BCUT2D eigenvalue weighted by atomic mass is 9.92. The van der Waals surface area contributed by atoms with Crippen molar-refractivity contribution in [3.05, 3.63) is 0 Å². The topological polar surface area (TPSA) is 63.9 Å². The Morgan fingerprint density at radius 3 is 1.46 bits per heavy atom. The summed E-state index contributed by atoms with van der Waals surface area (Å²) in [6.07, 6.45) is 22.2. The normalized spacial score (nSPS) is 13.4. The molecule has 0 amide bonds. The Labute approximate surface area is 177 Å². The summed E-state index contributed by atoms with van der Waals surface area (Å²) in [4.78, 5) is 29.8. The van der Waals surface area contributed by atoms with Crippen LogP contribution in [0.15, 0.2) is 0 Å². The fraction of sp³-hybridized carbons (Fsp3) is 1.00. The van der Waals surface area contributed by atoms with Crippen LogP contribution in [0.2, 0.25) is 6.04 Å². The fourth-order valence-electron chi connectivity index (χ4n) is 3.95. The summed E-state index contributed by atoms with van der Waals surface area (Å²) in [5.41, 5.74) is 0. The van der Waals surface area contributed by atoms with E-state index in [9.17, 15) is 14.4 Å². The summed E-state index contributed by atoms with van der Waals surface area (Å²) >= 11 is 0. The molecule has 4 nitrogen and oxygen atoms in total. The molecule has 170 valence electrons. The summed E-state index contributed by atoms with van der Waals surface area (Å²) < 4.78 is 0. The van der Waals surface area contributed by atoms with Crippen molar-refractivity contribution in [2.24, 2.45) is 5.92 Å². The van der Waals surface area contributed by atoms with E-state index in [-0.39, 0.29) is 6.04 Å². The zero-order valence-electron chi connectivity index (χ0n) is 19.3. The van der Waals surface area contributed by atoms with Gasteiger partial charge in [-0.25, -0.2) is 0 Å². The van der Waals surface area contributed by atoms with Gasteiger partial charge in [-0.05, 0) is 39.4 Å². The number of nitrogens with zero attached hydrogens (tertiary/aromatic N) is 1. The van der Waals surface area contributed by atoms with E-state index in [1.165, 1.54) is 96.3 Å². The second kappa shape index (κ2) is 19.0. The Morgan fingerprint density at radius 2 is 1.04 bits per heavy atom. The summed E-state index contributed by atoms with van der Waals surface area (Å²) in [5.74, 6) is 0.645. The van der Waals surface area contributed by atoms with Crippen molar-refractivity contribution < 1.29 is 14.4 Å². The first-order valence-corrected chi connectivity index (χ1v) is 14.2. The van der Waals surface area contributed by atoms with Crippen molar-refractivity contribution in [3.63, 3.8) is 0 Å². The molecule has 0 fully saturated rings. The van der Waals surface area contributed by atoms with Gasteiger partial charge in [-0.3, -0.25) is 0 Å². The monoisotopic (exact) mass is 417 g/mol. The average molecular weight is 418 g/mol. The zero-order chi connectivity index (χ0) is 21.1. The largest absolute Gasteiger partial charge is 0.492 e. The third kappa shape index (κ3) is 22.3. The standard InChI is InChI=1S/C23H51NO3Si/c1-4-5-6-7-8-9-10-11-12-13-14-15-16-18-23(20-21-24(2)3)19-17-22-28(25,26)27/h23,25-27H,4-22H2,1-3H3. The lowest BCUT2D eigenvalue weighted by molar-refractivity contribution is 0.223. The maximum atomic E-state index is 9.19. The lowest BCUT2D eigenvalue weighted by Crippen LogP contribution is -2.34. The molecule has 28 heavy (non-hydrogen) atoms. The third-order valence-electron chi connectivity index (χ3n) is 5.83. The van der Waals surface area contributed by atoms with Crippen molar-refractivity contribution in [2.75, 3.05) is 20.6 Å². The van der Waals surface area contributed by atoms with E-state index in [2.05, 4.69) is 25.9 Å². The molecule has 0 aliphatic rings. The van der Waals surface area contributed by atoms with Gasteiger partial charge >= 0.3 is 8.80 Å². The smallest absolute Gasteiger partial charge is 0.390 e. The molecule has 0 rings (SSSR count). The predicted octanol–water partition coefficient (Wildman–Crippen LogP) is 5.73. The highest BCUT2D eigenvalue weighted by atomic mass is 28.4. The van der Waals surface area contributed by atoms with Crippen LogP contribution in [-0.4, -0.2) is 48.7 Å². The van der Waals surface area contributed by atoms with E-state index in [0.717, 1.165) is 19.4 Å². The van der Waals surface area contributed by atoms with Gasteiger partial charge in [0.1, 0.15) is 0 Å². The van der Waals surface area contributed by atoms with Crippen LogP contribution in [0.25, 0.3) is 0 Å². The lowest BCUT2D eigenvalue weighted by Gasteiger charge is -2.20. The molecule has 0 bridgehead atoms. The molecule has 0 heterocycles. The molecule has 0 aromatic rings. The maximum absolute atomic E-state index is 9.19. The molecule has 0 aliphatic heterocycles. The molecule has 0 saturated carbocycles. The first kappa shape index (κ1) is 28.1.